The molecule has 0 saturated carbocycles. The SMILES string of the molecule is Cc1cc(O)cc(N2CC(CN=[N+]=[N-])CC2=O)c1. The van der Waals surface area contributed by atoms with E-state index < -0.39 is 0 Å². The number of carbonyl (C=O) groups is 1. The highest BCUT2D eigenvalue weighted by Crippen LogP contribution is 2.28. The molecule has 6 heteroatoms. The zero-order valence-corrected chi connectivity index (χ0v) is 10.1. The molecule has 0 bridgehead atoms. The number of aryl methyl sites for hydroxylation is 1. The van der Waals surface area contributed by atoms with Crippen LogP contribution in [0.3, 0.4) is 0 Å². The quantitative estimate of drug-likeness (QED) is 0.504. The number of phenolic OH excluding ortho intramolecular Hbond substituents is 1. The lowest BCUT2D eigenvalue weighted by Gasteiger charge is -2.17. The van der Waals surface area contributed by atoms with Crippen LogP contribution in [0.25, 0.3) is 10.4 Å². The van der Waals surface area contributed by atoms with Crippen molar-refractivity contribution in [3.05, 3.63) is 34.2 Å². The second kappa shape index (κ2) is 4.98. The summed E-state index contributed by atoms with van der Waals surface area (Å²) in [6.07, 6.45) is 0.383. The average molecular weight is 246 g/mol. The van der Waals surface area contributed by atoms with Crippen molar-refractivity contribution in [3.63, 3.8) is 0 Å². The van der Waals surface area contributed by atoms with Crippen molar-refractivity contribution in [1.82, 2.24) is 0 Å². The van der Waals surface area contributed by atoms with Gasteiger partial charge in [0.05, 0.1) is 0 Å². The summed E-state index contributed by atoms with van der Waals surface area (Å²) in [6.45, 7) is 2.72. The highest BCUT2D eigenvalue weighted by molar-refractivity contribution is 5.96. The maximum Gasteiger partial charge on any atom is 0.227 e. The Balaban J connectivity index is 2.18. The van der Waals surface area contributed by atoms with Crippen LogP contribution < -0.4 is 4.90 Å². The first-order valence-electron chi connectivity index (χ1n) is 5.72. The molecule has 0 spiro atoms. The van der Waals surface area contributed by atoms with Gasteiger partial charge in [0.2, 0.25) is 5.91 Å². The van der Waals surface area contributed by atoms with E-state index in [2.05, 4.69) is 10.0 Å². The van der Waals surface area contributed by atoms with Crippen molar-refractivity contribution in [2.45, 2.75) is 13.3 Å². The topological polar surface area (TPSA) is 89.3 Å². The van der Waals surface area contributed by atoms with Crippen LogP contribution in [-0.2, 0) is 4.79 Å². The largest absolute Gasteiger partial charge is 0.508 e. The number of rotatable bonds is 3. The molecule has 1 heterocycles. The first kappa shape index (κ1) is 12.3. The lowest BCUT2D eigenvalue weighted by molar-refractivity contribution is -0.117. The number of hydrogen-bond acceptors (Lipinski definition) is 3. The normalized spacial score (nSPS) is 18.8. The van der Waals surface area contributed by atoms with E-state index in [1.807, 2.05) is 13.0 Å². The van der Waals surface area contributed by atoms with E-state index in [1.54, 1.807) is 17.0 Å². The van der Waals surface area contributed by atoms with Gasteiger partial charge in [0, 0.05) is 36.2 Å². The van der Waals surface area contributed by atoms with Crippen LogP contribution in [0, 0.1) is 12.8 Å². The number of carbonyl (C=O) groups excluding carboxylic acids is 1. The van der Waals surface area contributed by atoms with Gasteiger partial charge in [-0.2, -0.15) is 0 Å². The smallest absolute Gasteiger partial charge is 0.227 e. The summed E-state index contributed by atoms with van der Waals surface area (Å²) in [7, 11) is 0. The number of benzene rings is 1. The van der Waals surface area contributed by atoms with Gasteiger partial charge in [-0.1, -0.05) is 5.11 Å². The van der Waals surface area contributed by atoms with Crippen LogP contribution in [0.4, 0.5) is 5.69 Å². The van der Waals surface area contributed by atoms with Crippen molar-refractivity contribution in [3.8, 4) is 5.75 Å². The van der Waals surface area contributed by atoms with Gasteiger partial charge in [0.1, 0.15) is 5.75 Å². The van der Waals surface area contributed by atoms with E-state index in [0.29, 0.717) is 25.2 Å². The minimum absolute atomic E-state index is 0.00172. The second-order valence-electron chi connectivity index (χ2n) is 4.51. The zero-order valence-electron chi connectivity index (χ0n) is 10.1. The highest BCUT2D eigenvalue weighted by Gasteiger charge is 2.30. The maximum atomic E-state index is 11.9. The summed E-state index contributed by atoms with van der Waals surface area (Å²) in [5, 5.41) is 13.0. The highest BCUT2D eigenvalue weighted by atomic mass is 16.3. The lowest BCUT2D eigenvalue weighted by Crippen LogP contribution is -2.24. The molecule has 1 saturated heterocycles. The molecule has 1 aromatic carbocycles. The predicted molar refractivity (Wildman–Crippen MR) is 67.3 cm³/mol. The molecular weight excluding hydrogens is 232 g/mol. The lowest BCUT2D eigenvalue weighted by atomic mass is 10.1. The van der Waals surface area contributed by atoms with Crippen LogP contribution in [0.5, 0.6) is 5.75 Å². The van der Waals surface area contributed by atoms with Crippen LogP contribution in [0.2, 0.25) is 0 Å². The Hall–Kier alpha value is -2.20. The Bertz CT molecular complexity index is 503. The van der Waals surface area contributed by atoms with E-state index in [-0.39, 0.29) is 17.6 Å². The maximum absolute atomic E-state index is 11.9. The van der Waals surface area contributed by atoms with Gasteiger partial charge in [-0.25, -0.2) is 0 Å². The predicted octanol–water partition coefficient (Wildman–Crippen LogP) is 2.36. The van der Waals surface area contributed by atoms with Crippen molar-refractivity contribution in [2.75, 3.05) is 18.0 Å². The standard InChI is InChI=1S/C12H14N4O2/c1-8-2-10(5-11(17)3-8)16-7-9(4-12(16)18)6-14-15-13/h2-3,5,9,17H,4,6-7H2,1H3. The minimum atomic E-state index is -0.00172. The van der Waals surface area contributed by atoms with Crippen molar-refractivity contribution in [1.29, 1.82) is 0 Å². The van der Waals surface area contributed by atoms with Gasteiger partial charge >= 0.3 is 0 Å². The van der Waals surface area contributed by atoms with Gasteiger partial charge in [-0.05, 0) is 36.1 Å². The summed E-state index contributed by atoms with van der Waals surface area (Å²) < 4.78 is 0. The van der Waals surface area contributed by atoms with Crippen LogP contribution in [0.15, 0.2) is 23.3 Å². The van der Waals surface area contributed by atoms with Gasteiger partial charge in [-0.3, -0.25) is 4.79 Å². The summed E-state index contributed by atoms with van der Waals surface area (Å²) in [5.41, 5.74) is 9.87. The number of anilines is 1. The average Bonchev–Trinajstić information content (AvgIpc) is 2.66. The number of nitrogens with zero attached hydrogens (tertiary/aromatic N) is 4. The van der Waals surface area contributed by atoms with Crippen LogP contribution >= 0.6 is 0 Å². The van der Waals surface area contributed by atoms with Gasteiger partial charge in [-0.15, -0.1) is 0 Å². The molecule has 1 aliphatic heterocycles. The third kappa shape index (κ3) is 2.55. The number of phenols is 1. The molecule has 1 amide bonds. The summed E-state index contributed by atoms with van der Waals surface area (Å²) in [6, 6.07) is 5.07. The number of amides is 1. The summed E-state index contributed by atoms with van der Waals surface area (Å²) in [4.78, 5) is 16.2. The third-order valence-electron chi connectivity index (χ3n) is 2.97. The molecule has 0 aromatic heterocycles. The third-order valence-corrected chi connectivity index (χ3v) is 2.97. The van der Waals surface area contributed by atoms with Crippen molar-refractivity contribution in [2.24, 2.45) is 11.0 Å². The first-order chi connectivity index (χ1) is 8.60. The molecule has 1 atom stereocenters. The Labute approximate surface area is 104 Å². The van der Waals surface area contributed by atoms with Crippen molar-refractivity contribution < 1.29 is 9.90 Å². The first-order valence-corrected chi connectivity index (χ1v) is 5.72. The number of aromatic hydroxyl groups is 1. The molecule has 0 radical (unpaired) electrons. The Morgan fingerprint density at radius 1 is 1.56 bits per heavy atom. The Morgan fingerprint density at radius 3 is 3.00 bits per heavy atom. The van der Waals surface area contributed by atoms with Gasteiger partial charge in [0.25, 0.3) is 0 Å². The summed E-state index contributed by atoms with van der Waals surface area (Å²) >= 11 is 0. The van der Waals surface area contributed by atoms with Gasteiger partial charge < -0.3 is 10.0 Å². The molecule has 0 aliphatic carbocycles. The molecule has 1 N–H and O–H groups in total. The van der Waals surface area contributed by atoms with E-state index >= 15 is 0 Å². The van der Waals surface area contributed by atoms with Crippen LogP contribution in [-0.4, -0.2) is 24.1 Å². The molecule has 18 heavy (non-hydrogen) atoms. The Morgan fingerprint density at radius 2 is 2.33 bits per heavy atom. The second-order valence-corrected chi connectivity index (χ2v) is 4.51. The molecule has 1 aromatic rings. The Kier molecular flexibility index (Phi) is 3.39. The fourth-order valence-electron chi connectivity index (χ4n) is 2.20. The fraction of sp³-hybridized carbons (Fsp3) is 0.417. The number of azide groups is 1. The molecule has 1 unspecified atom stereocenters. The molecule has 6 nitrogen and oxygen atoms in total. The van der Waals surface area contributed by atoms with E-state index in [4.69, 9.17) is 5.53 Å². The fourth-order valence-corrected chi connectivity index (χ4v) is 2.20. The van der Waals surface area contributed by atoms with Gasteiger partial charge in [0.15, 0.2) is 0 Å². The van der Waals surface area contributed by atoms with E-state index in [0.717, 1.165) is 5.56 Å². The zero-order chi connectivity index (χ0) is 13.1. The monoisotopic (exact) mass is 246 g/mol. The molecular formula is C12H14N4O2. The van der Waals surface area contributed by atoms with E-state index in [1.165, 1.54) is 0 Å². The van der Waals surface area contributed by atoms with Crippen molar-refractivity contribution >= 4 is 11.6 Å². The minimum Gasteiger partial charge on any atom is -0.508 e. The molecule has 2 rings (SSSR count). The number of hydrogen-bond donors (Lipinski definition) is 1. The molecule has 94 valence electrons. The van der Waals surface area contributed by atoms with Crippen LogP contribution in [0.1, 0.15) is 12.0 Å². The van der Waals surface area contributed by atoms with E-state index in [9.17, 15) is 9.90 Å². The molecule has 1 aliphatic rings. The summed E-state index contributed by atoms with van der Waals surface area (Å²) in [5.74, 6) is 0.200. The molecule has 1 fully saturated rings.